The van der Waals surface area contributed by atoms with E-state index in [-0.39, 0.29) is 35.1 Å². The lowest BCUT2D eigenvalue weighted by Crippen LogP contribution is -2.42. The maximum Gasteiger partial charge on any atom is 0.277 e. The summed E-state index contributed by atoms with van der Waals surface area (Å²) in [5.41, 5.74) is 2.88. The molecule has 3 aliphatic rings. The monoisotopic (exact) mass is 411 g/mol. The number of nitrogens with one attached hydrogen (secondary N) is 1. The molecule has 0 aromatic carbocycles. The average Bonchev–Trinajstić information content (AvgIpc) is 3.51. The second-order valence-corrected chi connectivity index (χ2v) is 9.31. The van der Waals surface area contributed by atoms with Gasteiger partial charge in [-0.15, -0.1) is 0 Å². The van der Waals surface area contributed by atoms with Crippen molar-refractivity contribution in [2.75, 3.05) is 19.6 Å². The summed E-state index contributed by atoms with van der Waals surface area (Å²) >= 11 is 0. The Morgan fingerprint density at radius 1 is 1.17 bits per heavy atom. The fourth-order valence-electron chi connectivity index (χ4n) is 4.78. The number of aromatic amines is 1. The Kier molecular flexibility index (Phi) is 4.67. The van der Waals surface area contributed by atoms with E-state index in [1.807, 2.05) is 24.8 Å². The molecule has 0 bridgehead atoms. The molecule has 0 spiro atoms. The first-order valence-electron chi connectivity index (χ1n) is 11.1. The van der Waals surface area contributed by atoms with E-state index in [0.29, 0.717) is 37.3 Å². The second kappa shape index (κ2) is 7.25. The molecule has 30 heavy (non-hydrogen) atoms. The Bertz CT molecular complexity index is 1060. The number of rotatable bonds is 3. The molecule has 1 atom stereocenters. The van der Waals surface area contributed by atoms with Gasteiger partial charge in [0, 0.05) is 55.6 Å². The van der Waals surface area contributed by atoms with Crippen molar-refractivity contribution < 1.29 is 9.59 Å². The lowest BCUT2D eigenvalue weighted by molar-refractivity contribution is -0.135. The molecule has 2 aromatic heterocycles. The maximum absolute atomic E-state index is 13.2. The largest absolute Gasteiger partial charge is 0.342 e. The summed E-state index contributed by atoms with van der Waals surface area (Å²) in [6, 6.07) is 1.96. The number of carbonyl (C=O) groups is 2. The first kappa shape index (κ1) is 19.3. The van der Waals surface area contributed by atoms with Gasteiger partial charge in [-0.2, -0.15) is 0 Å². The van der Waals surface area contributed by atoms with Gasteiger partial charge in [-0.25, -0.2) is 9.50 Å². The molecule has 4 heterocycles. The smallest absolute Gasteiger partial charge is 0.277 e. The number of H-pyrrole nitrogens is 1. The van der Waals surface area contributed by atoms with Crippen LogP contribution in [0.15, 0.2) is 10.9 Å². The molecule has 8 heteroatoms. The van der Waals surface area contributed by atoms with Gasteiger partial charge in [0.2, 0.25) is 11.8 Å². The van der Waals surface area contributed by atoms with Crippen LogP contribution in [-0.4, -0.2) is 55.8 Å². The van der Waals surface area contributed by atoms with Gasteiger partial charge in [0.25, 0.3) is 5.56 Å². The third kappa shape index (κ3) is 3.32. The van der Waals surface area contributed by atoms with Crippen LogP contribution in [0.4, 0.5) is 0 Å². The van der Waals surface area contributed by atoms with Crippen molar-refractivity contribution in [3.8, 4) is 0 Å². The number of hydrogen-bond donors (Lipinski definition) is 1. The van der Waals surface area contributed by atoms with E-state index in [9.17, 15) is 14.4 Å². The van der Waals surface area contributed by atoms with Crippen LogP contribution in [0.5, 0.6) is 0 Å². The highest BCUT2D eigenvalue weighted by Crippen LogP contribution is 2.34. The normalized spacial score (nSPS) is 21.9. The van der Waals surface area contributed by atoms with E-state index >= 15 is 0 Å². The van der Waals surface area contributed by atoms with E-state index < -0.39 is 0 Å². The Morgan fingerprint density at radius 3 is 2.70 bits per heavy atom. The molecule has 2 fully saturated rings. The predicted molar refractivity (Wildman–Crippen MR) is 111 cm³/mol. The minimum absolute atomic E-state index is 0.0694. The van der Waals surface area contributed by atoms with Crippen LogP contribution in [0.3, 0.4) is 0 Å². The van der Waals surface area contributed by atoms with Gasteiger partial charge < -0.3 is 9.80 Å². The zero-order valence-electron chi connectivity index (χ0n) is 17.7. The molecule has 2 amide bonds. The van der Waals surface area contributed by atoms with Crippen molar-refractivity contribution in [2.24, 2.45) is 11.8 Å². The molecular formula is C22H29N5O3. The quantitative estimate of drug-likeness (QED) is 0.832. The number of likely N-dealkylation sites (tertiary alicyclic amines) is 1. The van der Waals surface area contributed by atoms with Crippen LogP contribution in [0.1, 0.15) is 62.4 Å². The lowest BCUT2D eigenvalue weighted by atomic mass is 9.94. The van der Waals surface area contributed by atoms with Gasteiger partial charge >= 0.3 is 0 Å². The number of piperidine rings is 1. The minimum Gasteiger partial charge on any atom is -0.342 e. The summed E-state index contributed by atoms with van der Waals surface area (Å²) in [5.74, 6) is 0.699. The molecular weight excluding hydrogens is 382 g/mol. The summed E-state index contributed by atoms with van der Waals surface area (Å²) in [7, 11) is 0. The minimum atomic E-state index is -0.121. The molecule has 2 aliphatic heterocycles. The van der Waals surface area contributed by atoms with Crippen molar-refractivity contribution in [1.82, 2.24) is 24.4 Å². The predicted octanol–water partition coefficient (Wildman–Crippen LogP) is 1.68. The summed E-state index contributed by atoms with van der Waals surface area (Å²) < 4.78 is 1.51. The van der Waals surface area contributed by atoms with E-state index in [0.717, 1.165) is 43.6 Å². The highest BCUT2D eigenvalue weighted by Gasteiger charge is 2.36. The van der Waals surface area contributed by atoms with Gasteiger partial charge in [0.15, 0.2) is 5.65 Å². The lowest BCUT2D eigenvalue weighted by Gasteiger charge is -2.32. The highest BCUT2D eigenvalue weighted by atomic mass is 16.2. The first-order valence-corrected chi connectivity index (χ1v) is 11.1. The summed E-state index contributed by atoms with van der Waals surface area (Å²) in [4.78, 5) is 46.5. The van der Waals surface area contributed by atoms with E-state index in [2.05, 4.69) is 5.10 Å². The van der Waals surface area contributed by atoms with E-state index in [1.165, 1.54) is 4.52 Å². The standard InChI is InChI=1S/C22H29N5O3/c1-13(2)20(28)26-9-7-17-16(12-26)22(30)27-19(23-17)10-18(24-27)15-4-3-8-25(11-15)21(29)14-5-6-14/h10,13-15,24H,3-9,11-12H2,1-2H3/t15-/m1/s1. The SMILES string of the molecule is CC(C)C(=O)N1CCc2nc3cc([C@@H]4CCCN(C(=O)C5CC5)C4)[nH]n3c(=O)c2C1. The van der Waals surface area contributed by atoms with Crippen molar-refractivity contribution >= 4 is 17.5 Å². The van der Waals surface area contributed by atoms with Crippen molar-refractivity contribution in [3.63, 3.8) is 0 Å². The number of aromatic nitrogens is 3. The Hall–Kier alpha value is -2.64. The molecule has 5 rings (SSSR count). The van der Waals surface area contributed by atoms with E-state index in [4.69, 9.17) is 4.98 Å². The Morgan fingerprint density at radius 2 is 1.97 bits per heavy atom. The molecule has 0 unspecified atom stereocenters. The molecule has 1 N–H and O–H groups in total. The maximum atomic E-state index is 13.2. The zero-order valence-corrected chi connectivity index (χ0v) is 17.7. The van der Waals surface area contributed by atoms with Crippen LogP contribution < -0.4 is 5.56 Å². The fraction of sp³-hybridized carbons (Fsp3) is 0.636. The van der Waals surface area contributed by atoms with E-state index in [1.54, 1.807) is 4.90 Å². The van der Waals surface area contributed by atoms with Crippen molar-refractivity contribution in [2.45, 2.75) is 58.4 Å². The topological polar surface area (TPSA) is 90.8 Å². The van der Waals surface area contributed by atoms with Crippen LogP contribution >= 0.6 is 0 Å². The fourth-order valence-corrected chi connectivity index (χ4v) is 4.78. The number of carbonyl (C=O) groups excluding carboxylic acids is 2. The summed E-state index contributed by atoms with van der Waals surface area (Å²) in [6.07, 6.45) is 4.62. The van der Waals surface area contributed by atoms with Crippen LogP contribution in [0.2, 0.25) is 0 Å². The number of amides is 2. The van der Waals surface area contributed by atoms with Crippen LogP contribution in [-0.2, 0) is 22.6 Å². The number of fused-ring (bicyclic) bond motifs is 2. The van der Waals surface area contributed by atoms with Gasteiger partial charge in [-0.05, 0) is 25.7 Å². The third-order valence-corrected chi connectivity index (χ3v) is 6.69. The summed E-state index contributed by atoms with van der Waals surface area (Å²) in [6.45, 7) is 6.22. The van der Waals surface area contributed by atoms with Crippen LogP contribution in [0.25, 0.3) is 5.65 Å². The Labute approximate surface area is 175 Å². The number of hydrogen-bond acceptors (Lipinski definition) is 4. The van der Waals surface area contributed by atoms with Crippen molar-refractivity contribution in [1.29, 1.82) is 0 Å². The summed E-state index contributed by atoms with van der Waals surface area (Å²) in [5, 5.41) is 3.26. The first-order chi connectivity index (χ1) is 14.4. The van der Waals surface area contributed by atoms with Gasteiger partial charge in [-0.1, -0.05) is 13.8 Å². The molecule has 0 radical (unpaired) electrons. The average molecular weight is 412 g/mol. The second-order valence-electron chi connectivity index (χ2n) is 9.31. The molecule has 8 nitrogen and oxygen atoms in total. The number of nitrogens with zero attached hydrogens (tertiary/aromatic N) is 4. The highest BCUT2D eigenvalue weighted by molar-refractivity contribution is 5.81. The van der Waals surface area contributed by atoms with Gasteiger partial charge in [0.1, 0.15) is 0 Å². The Balaban J connectivity index is 1.42. The van der Waals surface area contributed by atoms with Gasteiger partial charge in [-0.3, -0.25) is 19.5 Å². The molecule has 160 valence electrons. The van der Waals surface area contributed by atoms with Crippen LogP contribution in [0, 0.1) is 11.8 Å². The third-order valence-electron chi connectivity index (χ3n) is 6.69. The van der Waals surface area contributed by atoms with Gasteiger partial charge in [0.05, 0.1) is 17.8 Å². The zero-order chi connectivity index (χ0) is 21.0. The molecule has 1 aliphatic carbocycles. The molecule has 2 aromatic rings. The molecule has 1 saturated heterocycles. The van der Waals surface area contributed by atoms with Crippen molar-refractivity contribution in [3.05, 3.63) is 33.4 Å². The molecule has 1 saturated carbocycles.